The van der Waals surface area contributed by atoms with Crippen molar-refractivity contribution in [3.8, 4) is 0 Å². The lowest BCUT2D eigenvalue weighted by molar-refractivity contribution is 0.102. The quantitative estimate of drug-likeness (QED) is 0.725. The van der Waals surface area contributed by atoms with Crippen molar-refractivity contribution in [3.63, 3.8) is 0 Å². The topological polar surface area (TPSA) is 83.8 Å². The van der Waals surface area contributed by atoms with Gasteiger partial charge in [0.05, 0.1) is 6.20 Å². The molecule has 0 fully saturated rings. The first kappa shape index (κ1) is 11.5. The van der Waals surface area contributed by atoms with Crippen molar-refractivity contribution in [1.82, 2.24) is 10.2 Å². The Morgan fingerprint density at radius 3 is 2.65 bits per heavy atom. The largest absolute Gasteiger partial charge is 0.383 e. The van der Waals surface area contributed by atoms with E-state index in [2.05, 4.69) is 15.5 Å². The van der Waals surface area contributed by atoms with Gasteiger partial charge in [-0.1, -0.05) is 0 Å². The number of nitrogens with one attached hydrogen (secondary N) is 2. The maximum Gasteiger partial charge on any atom is 0.261 e. The van der Waals surface area contributed by atoms with Gasteiger partial charge >= 0.3 is 0 Å². The van der Waals surface area contributed by atoms with Crippen molar-refractivity contribution in [2.75, 3.05) is 17.3 Å². The molecule has 1 heterocycles. The molecule has 1 amide bonds. The van der Waals surface area contributed by atoms with E-state index in [0.29, 0.717) is 5.56 Å². The molecule has 1 aromatic heterocycles. The third kappa shape index (κ3) is 2.59. The molecule has 0 bridgehead atoms. The van der Waals surface area contributed by atoms with Crippen LogP contribution in [-0.2, 0) is 0 Å². The normalized spacial score (nSPS) is 10.2. The highest BCUT2D eigenvalue weighted by molar-refractivity contribution is 7.98. The number of hydrogen-bond donors (Lipinski definition) is 3. The summed E-state index contributed by atoms with van der Waals surface area (Å²) >= 11 is 1.65. The van der Waals surface area contributed by atoms with Gasteiger partial charge in [-0.2, -0.15) is 5.10 Å². The standard InChI is InChI=1S/C11H12N4OS/c1-17-8-4-2-7(3-5-8)14-11(16)9-6-13-15-10(9)12/h2-6H,1H3,(H,14,16)(H3,12,13,15). The van der Waals surface area contributed by atoms with Gasteiger partial charge in [-0.25, -0.2) is 0 Å². The molecule has 0 aliphatic rings. The second-order valence-electron chi connectivity index (χ2n) is 3.38. The first-order valence-corrected chi connectivity index (χ1v) is 6.17. The lowest BCUT2D eigenvalue weighted by atomic mass is 10.2. The minimum atomic E-state index is -0.270. The van der Waals surface area contributed by atoms with Crippen LogP contribution in [0, 0.1) is 0 Å². The number of H-pyrrole nitrogens is 1. The third-order valence-corrected chi connectivity index (χ3v) is 3.00. The van der Waals surface area contributed by atoms with Gasteiger partial charge in [-0.3, -0.25) is 9.89 Å². The number of thioether (sulfide) groups is 1. The van der Waals surface area contributed by atoms with Crippen LogP contribution in [0.1, 0.15) is 10.4 Å². The Hall–Kier alpha value is -1.95. The number of rotatable bonds is 3. The van der Waals surface area contributed by atoms with Gasteiger partial charge in [-0.15, -0.1) is 11.8 Å². The zero-order chi connectivity index (χ0) is 12.3. The van der Waals surface area contributed by atoms with Crippen molar-refractivity contribution >= 4 is 29.2 Å². The van der Waals surface area contributed by atoms with Crippen LogP contribution >= 0.6 is 11.8 Å². The SMILES string of the molecule is CSc1ccc(NC(=O)c2cn[nH]c2N)cc1. The highest BCUT2D eigenvalue weighted by Gasteiger charge is 2.11. The molecule has 0 unspecified atom stereocenters. The number of aromatic amines is 1. The smallest absolute Gasteiger partial charge is 0.261 e. The summed E-state index contributed by atoms with van der Waals surface area (Å²) in [6, 6.07) is 7.58. The summed E-state index contributed by atoms with van der Waals surface area (Å²) < 4.78 is 0. The predicted octanol–water partition coefficient (Wildman–Crippen LogP) is 1.97. The molecule has 0 aliphatic carbocycles. The predicted molar refractivity (Wildman–Crippen MR) is 69.2 cm³/mol. The van der Waals surface area contributed by atoms with E-state index >= 15 is 0 Å². The van der Waals surface area contributed by atoms with E-state index in [0.717, 1.165) is 10.6 Å². The number of hydrogen-bond acceptors (Lipinski definition) is 4. The highest BCUT2D eigenvalue weighted by atomic mass is 32.2. The maximum absolute atomic E-state index is 11.8. The van der Waals surface area contributed by atoms with Gasteiger partial charge in [0.15, 0.2) is 0 Å². The van der Waals surface area contributed by atoms with Crippen molar-refractivity contribution in [2.45, 2.75) is 4.90 Å². The molecule has 4 N–H and O–H groups in total. The summed E-state index contributed by atoms with van der Waals surface area (Å²) in [6.07, 6.45) is 3.40. The van der Waals surface area contributed by atoms with Gasteiger partial charge in [0, 0.05) is 10.6 Å². The van der Waals surface area contributed by atoms with Crippen molar-refractivity contribution in [3.05, 3.63) is 36.0 Å². The van der Waals surface area contributed by atoms with E-state index in [9.17, 15) is 4.79 Å². The van der Waals surface area contributed by atoms with Crippen molar-refractivity contribution in [2.24, 2.45) is 0 Å². The van der Waals surface area contributed by atoms with Gasteiger partial charge in [0.25, 0.3) is 5.91 Å². The number of benzene rings is 1. The number of nitrogens with two attached hydrogens (primary N) is 1. The molecule has 0 spiro atoms. The number of anilines is 2. The molecular formula is C11H12N4OS. The van der Waals surface area contributed by atoms with E-state index in [1.165, 1.54) is 6.20 Å². The summed E-state index contributed by atoms with van der Waals surface area (Å²) in [5, 5.41) is 8.96. The maximum atomic E-state index is 11.8. The molecule has 1 aromatic carbocycles. The number of carbonyl (C=O) groups excluding carboxylic acids is 1. The molecule has 5 nitrogen and oxygen atoms in total. The van der Waals surface area contributed by atoms with E-state index in [-0.39, 0.29) is 11.7 Å². The van der Waals surface area contributed by atoms with Crippen LogP contribution in [0.25, 0.3) is 0 Å². The minimum Gasteiger partial charge on any atom is -0.383 e. The van der Waals surface area contributed by atoms with Crippen LogP contribution in [-0.4, -0.2) is 22.4 Å². The van der Waals surface area contributed by atoms with Gasteiger partial charge in [0.1, 0.15) is 11.4 Å². The Morgan fingerprint density at radius 1 is 1.41 bits per heavy atom. The van der Waals surface area contributed by atoms with Gasteiger partial charge < -0.3 is 11.1 Å². The first-order valence-electron chi connectivity index (χ1n) is 4.95. The summed E-state index contributed by atoms with van der Waals surface area (Å²) in [6.45, 7) is 0. The average molecular weight is 248 g/mol. The molecule has 2 aromatic rings. The Morgan fingerprint density at radius 2 is 2.12 bits per heavy atom. The lowest BCUT2D eigenvalue weighted by Crippen LogP contribution is -2.12. The Labute approximate surface area is 103 Å². The summed E-state index contributed by atoms with van der Waals surface area (Å²) in [5.41, 5.74) is 6.63. The van der Waals surface area contributed by atoms with Crippen LogP contribution in [0.15, 0.2) is 35.4 Å². The van der Waals surface area contributed by atoms with E-state index < -0.39 is 0 Å². The fourth-order valence-electron chi connectivity index (χ4n) is 1.35. The second kappa shape index (κ2) is 4.92. The zero-order valence-electron chi connectivity index (χ0n) is 9.23. The van der Waals surface area contributed by atoms with Crippen LogP contribution in [0.4, 0.5) is 11.5 Å². The fraction of sp³-hybridized carbons (Fsp3) is 0.0909. The van der Waals surface area contributed by atoms with E-state index in [1.807, 2.05) is 30.5 Å². The average Bonchev–Trinajstić information content (AvgIpc) is 2.76. The van der Waals surface area contributed by atoms with Gasteiger partial charge in [0.2, 0.25) is 0 Å². The highest BCUT2D eigenvalue weighted by Crippen LogP contribution is 2.18. The lowest BCUT2D eigenvalue weighted by Gasteiger charge is -2.04. The van der Waals surface area contributed by atoms with Crippen molar-refractivity contribution < 1.29 is 4.79 Å². The molecular weight excluding hydrogens is 236 g/mol. The number of aromatic nitrogens is 2. The van der Waals surface area contributed by atoms with Crippen LogP contribution in [0.5, 0.6) is 0 Å². The minimum absolute atomic E-state index is 0.267. The molecule has 0 saturated carbocycles. The molecule has 0 saturated heterocycles. The number of carbonyl (C=O) groups is 1. The Kier molecular flexibility index (Phi) is 3.34. The number of nitrogen functional groups attached to an aromatic ring is 1. The molecule has 2 rings (SSSR count). The Bertz CT molecular complexity index is 521. The van der Waals surface area contributed by atoms with Crippen LogP contribution < -0.4 is 11.1 Å². The molecule has 0 aliphatic heterocycles. The molecule has 6 heteroatoms. The fourth-order valence-corrected chi connectivity index (χ4v) is 1.76. The summed E-state index contributed by atoms with van der Waals surface area (Å²) in [4.78, 5) is 12.9. The third-order valence-electron chi connectivity index (χ3n) is 2.26. The van der Waals surface area contributed by atoms with Crippen LogP contribution in [0.3, 0.4) is 0 Å². The number of amides is 1. The van der Waals surface area contributed by atoms with Crippen LogP contribution in [0.2, 0.25) is 0 Å². The molecule has 17 heavy (non-hydrogen) atoms. The number of nitrogens with zero attached hydrogens (tertiary/aromatic N) is 1. The zero-order valence-corrected chi connectivity index (χ0v) is 10.0. The second-order valence-corrected chi connectivity index (χ2v) is 4.26. The van der Waals surface area contributed by atoms with E-state index in [1.54, 1.807) is 11.8 Å². The molecule has 0 radical (unpaired) electrons. The molecule has 0 atom stereocenters. The Balaban J connectivity index is 2.10. The van der Waals surface area contributed by atoms with Gasteiger partial charge in [-0.05, 0) is 30.5 Å². The van der Waals surface area contributed by atoms with E-state index in [4.69, 9.17) is 5.73 Å². The summed E-state index contributed by atoms with van der Waals surface area (Å²) in [7, 11) is 0. The monoisotopic (exact) mass is 248 g/mol. The van der Waals surface area contributed by atoms with Crippen molar-refractivity contribution in [1.29, 1.82) is 0 Å². The molecule has 88 valence electrons. The summed E-state index contributed by atoms with van der Waals surface area (Å²) in [5.74, 6) is -0.00335. The first-order chi connectivity index (χ1) is 8.20.